The average Bonchev–Trinajstić information content (AvgIpc) is 2.78. The second-order valence-corrected chi connectivity index (χ2v) is 10.8. The number of ether oxygens (including phenoxy) is 1. The maximum atomic E-state index is 13.2. The Labute approximate surface area is 202 Å². The number of hydrogen-bond acceptors (Lipinski definition) is 5. The highest BCUT2D eigenvalue weighted by Crippen LogP contribution is 2.32. The van der Waals surface area contributed by atoms with Crippen LogP contribution in [0.3, 0.4) is 0 Å². The van der Waals surface area contributed by atoms with E-state index in [1.165, 1.54) is 19.1 Å². The first kappa shape index (κ1) is 25.6. The maximum Gasteiger partial charge on any atom is 0.271 e. The van der Waals surface area contributed by atoms with E-state index in [-0.39, 0.29) is 35.7 Å². The first-order valence-electron chi connectivity index (χ1n) is 10.7. The molecule has 1 unspecified atom stereocenters. The number of amides is 1. The Balaban J connectivity index is 1.63. The number of rotatable bonds is 8. The molecule has 1 fully saturated rings. The third-order valence-electron chi connectivity index (χ3n) is 5.89. The van der Waals surface area contributed by atoms with Gasteiger partial charge in [0.1, 0.15) is 16.8 Å². The van der Waals surface area contributed by atoms with Crippen LogP contribution in [0.1, 0.15) is 36.6 Å². The number of carbonyl (C=O) groups is 1. The fraction of sp³-hybridized carbons (Fsp3) is 0.435. The van der Waals surface area contributed by atoms with Crippen LogP contribution in [0.15, 0.2) is 46.9 Å². The highest BCUT2D eigenvalue weighted by molar-refractivity contribution is 9.10. The van der Waals surface area contributed by atoms with Crippen LogP contribution in [-0.4, -0.2) is 61.0 Å². The van der Waals surface area contributed by atoms with Gasteiger partial charge in [-0.25, -0.2) is 4.39 Å². The SMILES string of the molecule is CC[C@@H]1CN(Cc2ccc(F)cc2)CCN1C(=O)COc1ccc(Br)cc1C(C)S(=O)(=O)O. The molecule has 1 heterocycles. The monoisotopic (exact) mass is 542 g/mol. The van der Waals surface area contributed by atoms with Crippen LogP contribution >= 0.6 is 15.9 Å². The van der Waals surface area contributed by atoms with Gasteiger partial charge in [0.05, 0.1) is 0 Å². The molecule has 0 saturated carbocycles. The van der Waals surface area contributed by atoms with Crippen molar-refractivity contribution in [1.82, 2.24) is 9.80 Å². The summed E-state index contributed by atoms with van der Waals surface area (Å²) in [5, 5.41) is -1.20. The van der Waals surface area contributed by atoms with Crippen molar-refractivity contribution in [3.8, 4) is 5.75 Å². The van der Waals surface area contributed by atoms with Crippen molar-refractivity contribution < 1.29 is 26.9 Å². The third kappa shape index (κ3) is 6.75. The second kappa shape index (κ2) is 10.9. The van der Waals surface area contributed by atoms with E-state index in [1.54, 1.807) is 35.2 Å². The Morgan fingerprint density at radius 3 is 2.58 bits per heavy atom. The van der Waals surface area contributed by atoms with Crippen molar-refractivity contribution in [1.29, 1.82) is 0 Å². The molecular weight excluding hydrogens is 515 g/mol. The molecule has 1 N–H and O–H groups in total. The highest BCUT2D eigenvalue weighted by atomic mass is 79.9. The summed E-state index contributed by atoms with van der Waals surface area (Å²) in [4.78, 5) is 17.0. The molecule has 180 valence electrons. The molecule has 0 spiro atoms. The van der Waals surface area contributed by atoms with Gasteiger partial charge in [-0.1, -0.05) is 35.0 Å². The van der Waals surface area contributed by atoms with E-state index in [2.05, 4.69) is 20.8 Å². The molecule has 2 aromatic carbocycles. The summed E-state index contributed by atoms with van der Waals surface area (Å²) in [6.45, 7) is 5.75. The standard InChI is InChI=1S/C23H28BrFN2O5S/c1-3-20-14-26(13-17-4-7-19(25)8-5-17)10-11-27(20)23(28)15-32-22-9-6-18(24)12-21(22)16(2)33(29,30)31/h4-9,12,16,20H,3,10-11,13-15H2,1-2H3,(H,29,30,31)/t16?,20-/m1/s1. The Morgan fingerprint density at radius 1 is 1.24 bits per heavy atom. The van der Waals surface area contributed by atoms with E-state index in [0.717, 1.165) is 12.0 Å². The number of piperazine rings is 1. The molecule has 33 heavy (non-hydrogen) atoms. The molecule has 0 radical (unpaired) electrons. The van der Waals surface area contributed by atoms with Gasteiger partial charge in [0, 0.05) is 42.3 Å². The number of hydrogen-bond donors (Lipinski definition) is 1. The topological polar surface area (TPSA) is 87.2 Å². The van der Waals surface area contributed by atoms with Gasteiger partial charge >= 0.3 is 0 Å². The van der Waals surface area contributed by atoms with Crippen LogP contribution in [0.4, 0.5) is 4.39 Å². The van der Waals surface area contributed by atoms with Gasteiger partial charge in [-0.3, -0.25) is 14.2 Å². The summed E-state index contributed by atoms with van der Waals surface area (Å²) in [6.07, 6.45) is 0.773. The van der Waals surface area contributed by atoms with Crippen molar-refractivity contribution >= 4 is 32.0 Å². The smallest absolute Gasteiger partial charge is 0.271 e. The average molecular weight is 543 g/mol. The lowest BCUT2D eigenvalue weighted by molar-refractivity contribution is -0.138. The van der Waals surface area contributed by atoms with E-state index >= 15 is 0 Å². The second-order valence-electron chi connectivity index (χ2n) is 8.14. The summed E-state index contributed by atoms with van der Waals surface area (Å²) >= 11 is 3.29. The van der Waals surface area contributed by atoms with Crippen molar-refractivity contribution in [2.45, 2.75) is 38.1 Å². The number of carbonyl (C=O) groups excluding carboxylic acids is 1. The minimum Gasteiger partial charge on any atom is -0.483 e. The molecule has 0 aliphatic carbocycles. The van der Waals surface area contributed by atoms with Crippen molar-refractivity contribution in [2.75, 3.05) is 26.2 Å². The molecule has 1 amide bonds. The lowest BCUT2D eigenvalue weighted by atomic mass is 10.1. The minimum atomic E-state index is -4.32. The van der Waals surface area contributed by atoms with E-state index in [1.807, 2.05) is 6.92 Å². The summed E-state index contributed by atoms with van der Waals surface area (Å²) in [5.74, 6) is -0.211. The van der Waals surface area contributed by atoms with Crippen LogP contribution in [-0.2, 0) is 21.5 Å². The van der Waals surface area contributed by atoms with Crippen LogP contribution in [0.2, 0.25) is 0 Å². The zero-order chi connectivity index (χ0) is 24.2. The Kier molecular flexibility index (Phi) is 8.49. The fourth-order valence-electron chi connectivity index (χ4n) is 3.94. The third-order valence-corrected chi connectivity index (χ3v) is 7.53. The lowest BCUT2D eigenvalue weighted by Crippen LogP contribution is -2.55. The predicted octanol–water partition coefficient (Wildman–Crippen LogP) is 4.04. The van der Waals surface area contributed by atoms with Gasteiger partial charge in [0.15, 0.2) is 6.61 Å². The van der Waals surface area contributed by atoms with Crippen molar-refractivity contribution in [3.05, 3.63) is 63.9 Å². The quantitative estimate of drug-likeness (QED) is 0.506. The van der Waals surface area contributed by atoms with Crippen LogP contribution < -0.4 is 4.74 Å². The summed E-state index contributed by atoms with van der Waals surface area (Å²) < 4.78 is 52.2. The summed E-state index contributed by atoms with van der Waals surface area (Å²) in [6, 6.07) is 11.3. The van der Waals surface area contributed by atoms with Crippen molar-refractivity contribution in [2.24, 2.45) is 0 Å². The molecule has 0 bridgehead atoms. The molecule has 3 rings (SSSR count). The van der Waals surface area contributed by atoms with E-state index < -0.39 is 15.4 Å². The molecule has 0 aromatic heterocycles. The molecular formula is C23H28BrFN2O5S. The molecule has 7 nitrogen and oxygen atoms in total. The lowest BCUT2D eigenvalue weighted by Gasteiger charge is -2.41. The Morgan fingerprint density at radius 2 is 1.94 bits per heavy atom. The van der Waals surface area contributed by atoms with Gasteiger partial charge in [-0.2, -0.15) is 8.42 Å². The van der Waals surface area contributed by atoms with Gasteiger partial charge in [0.2, 0.25) is 0 Å². The molecule has 1 aliphatic heterocycles. The van der Waals surface area contributed by atoms with Gasteiger partial charge in [-0.15, -0.1) is 0 Å². The zero-order valence-electron chi connectivity index (χ0n) is 18.6. The predicted molar refractivity (Wildman–Crippen MR) is 127 cm³/mol. The number of nitrogens with zero attached hydrogens (tertiary/aromatic N) is 2. The van der Waals surface area contributed by atoms with E-state index in [9.17, 15) is 22.2 Å². The van der Waals surface area contributed by atoms with E-state index in [0.29, 0.717) is 30.7 Å². The number of halogens is 2. The van der Waals surface area contributed by atoms with Crippen LogP contribution in [0.5, 0.6) is 5.75 Å². The number of benzene rings is 2. The fourth-order valence-corrected chi connectivity index (χ4v) is 4.82. The van der Waals surface area contributed by atoms with E-state index in [4.69, 9.17) is 4.74 Å². The highest BCUT2D eigenvalue weighted by Gasteiger charge is 2.30. The normalized spacial score (nSPS) is 18.2. The molecule has 2 atom stereocenters. The first-order valence-corrected chi connectivity index (χ1v) is 13.0. The van der Waals surface area contributed by atoms with Gasteiger partial charge in [-0.05, 0) is 49.2 Å². The van der Waals surface area contributed by atoms with Crippen LogP contribution in [0.25, 0.3) is 0 Å². The maximum absolute atomic E-state index is 13.2. The molecule has 2 aromatic rings. The largest absolute Gasteiger partial charge is 0.483 e. The Bertz CT molecular complexity index is 1080. The molecule has 1 aliphatic rings. The molecule has 10 heteroatoms. The van der Waals surface area contributed by atoms with Gasteiger partial charge in [0.25, 0.3) is 16.0 Å². The van der Waals surface area contributed by atoms with Crippen molar-refractivity contribution in [3.63, 3.8) is 0 Å². The Hall–Kier alpha value is -2.01. The molecule has 1 saturated heterocycles. The minimum absolute atomic E-state index is 0.0106. The van der Waals surface area contributed by atoms with Crippen LogP contribution in [0, 0.1) is 5.82 Å². The van der Waals surface area contributed by atoms with Gasteiger partial charge < -0.3 is 9.64 Å². The summed E-state index contributed by atoms with van der Waals surface area (Å²) in [7, 11) is -4.32. The zero-order valence-corrected chi connectivity index (χ0v) is 21.0. The summed E-state index contributed by atoms with van der Waals surface area (Å²) in [5.41, 5.74) is 1.29. The first-order chi connectivity index (χ1) is 15.6.